The van der Waals surface area contributed by atoms with Gasteiger partial charge in [0.15, 0.2) is 0 Å². The van der Waals surface area contributed by atoms with Gasteiger partial charge in [0.05, 0.1) is 0 Å². The van der Waals surface area contributed by atoms with E-state index in [2.05, 4.69) is 10.2 Å². The molecule has 0 spiro atoms. The molecule has 0 fully saturated rings. The third-order valence-corrected chi connectivity index (χ3v) is 3.44. The van der Waals surface area contributed by atoms with Crippen molar-refractivity contribution in [2.75, 3.05) is 23.8 Å². The van der Waals surface area contributed by atoms with Gasteiger partial charge in [-0.1, -0.05) is 6.07 Å². The highest BCUT2D eigenvalue weighted by Gasteiger charge is 2.16. The molecule has 98 valence electrons. The zero-order valence-corrected chi connectivity index (χ0v) is 10.6. The largest absolute Gasteiger partial charge is 0.374 e. The predicted octanol–water partition coefficient (Wildman–Crippen LogP) is 3.70. The van der Waals surface area contributed by atoms with Crippen LogP contribution in [0.25, 0.3) is 0 Å². The first-order valence-corrected chi connectivity index (χ1v) is 6.20. The second-order valence-electron chi connectivity index (χ2n) is 4.74. The van der Waals surface area contributed by atoms with Crippen molar-refractivity contribution in [1.29, 1.82) is 0 Å². The van der Waals surface area contributed by atoms with Gasteiger partial charge in [0.2, 0.25) is 0 Å². The van der Waals surface area contributed by atoms with Crippen molar-refractivity contribution in [3.05, 3.63) is 53.6 Å². The summed E-state index contributed by atoms with van der Waals surface area (Å²) in [7, 11) is 2.04. The smallest absolute Gasteiger partial charge is 0.149 e. The second kappa shape index (κ2) is 4.53. The molecule has 0 saturated carbocycles. The molecular formula is C15H14F2N2. The van der Waals surface area contributed by atoms with Crippen molar-refractivity contribution in [3.8, 4) is 0 Å². The Kier molecular flexibility index (Phi) is 2.85. The summed E-state index contributed by atoms with van der Waals surface area (Å²) >= 11 is 0. The first-order valence-electron chi connectivity index (χ1n) is 6.20. The lowest BCUT2D eigenvalue weighted by Crippen LogP contribution is -2.12. The number of likely N-dealkylation sites (N-methyl/N-ethyl adjacent to an activating group) is 1. The molecule has 0 atom stereocenters. The molecule has 0 aliphatic carbocycles. The molecule has 3 rings (SSSR count). The lowest BCUT2D eigenvalue weighted by molar-refractivity contribution is 0.591. The van der Waals surface area contributed by atoms with E-state index in [-0.39, 0.29) is 5.69 Å². The molecule has 1 aliphatic heterocycles. The van der Waals surface area contributed by atoms with Gasteiger partial charge in [-0.05, 0) is 42.3 Å². The van der Waals surface area contributed by atoms with E-state index < -0.39 is 11.6 Å². The van der Waals surface area contributed by atoms with Crippen LogP contribution in [0.2, 0.25) is 0 Å². The van der Waals surface area contributed by atoms with Crippen molar-refractivity contribution in [2.45, 2.75) is 6.42 Å². The average Bonchev–Trinajstić information content (AvgIpc) is 2.76. The van der Waals surface area contributed by atoms with Crippen LogP contribution in [0.1, 0.15) is 5.56 Å². The minimum Gasteiger partial charge on any atom is -0.374 e. The van der Waals surface area contributed by atoms with Crippen LogP contribution in [0.5, 0.6) is 0 Å². The Morgan fingerprint density at radius 3 is 2.58 bits per heavy atom. The SMILES string of the molecule is CN1CCc2cc(Nc3c(F)cccc3F)ccc21. The number of nitrogens with one attached hydrogen (secondary N) is 1. The van der Waals surface area contributed by atoms with Crippen LogP contribution < -0.4 is 10.2 Å². The Balaban J connectivity index is 1.92. The number of benzene rings is 2. The van der Waals surface area contributed by atoms with Gasteiger partial charge < -0.3 is 10.2 Å². The van der Waals surface area contributed by atoms with Crippen molar-refractivity contribution in [1.82, 2.24) is 0 Å². The number of fused-ring (bicyclic) bond motifs is 1. The fourth-order valence-electron chi connectivity index (χ4n) is 2.41. The minimum absolute atomic E-state index is 0.103. The van der Waals surface area contributed by atoms with E-state index in [1.165, 1.54) is 29.4 Å². The van der Waals surface area contributed by atoms with Gasteiger partial charge in [-0.25, -0.2) is 8.78 Å². The number of para-hydroxylation sites is 1. The molecule has 0 bridgehead atoms. The van der Waals surface area contributed by atoms with Gasteiger partial charge >= 0.3 is 0 Å². The summed E-state index contributed by atoms with van der Waals surface area (Å²) in [6, 6.07) is 9.60. The molecule has 2 aromatic carbocycles. The molecule has 1 N–H and O–H groups in total. The number of nitrogens with zero attached hydrogens (tertiary/aromatic N) is 1. The number of hydrogen-bond acceptors (Lipinski definition) is 2. The number of hydrogen-bond donors (Lipinski definition) is 1. The summed E-state index contributed by atoms with van der Waals surface area (Å²) in [6.07, 6.45) is 0.959. The first kappa shape index (κ1) is 12.0. The summed E-state index contributed by atoms with van der Waals surface area (Å²) in [5.41, 5.74) is 2.98. The minimum atomic E-state index is -0.586. The predicted molar refractivity (Wildman–Crippen MR) is 73.1 cm³/mol. The molecular weight excluding hydrogens is 246 g/mol. The molecule has 0 saturated heterocycles. The van der Waals surface area contributed by atoms with E-state index in [4.69, 9.17) is 0 Å². The van der Waals surface area contributed by atoms with Crippen molar-refractivity contribution in [2.24, 2.45) is 0 Å². The fourth-order valence-corrected chi connectivity index (χ4v) is 2.41. The van der Waals surface area contributed by atoms with E-state index in [9.17, 15) is 8.78 Å². The molecule has 0 amide bonds. The molecule has 2 aromatic rings. The van der Waals surface area contributed by atoms with Crippen LogP contribution in [0.3, 0.4) is 0 Å². The van der Waals surface area contributed by atoms with Crippen molar-refractivity contribution < 1.29 is 8.78 Å². The van der Waals surface area contributed by atoms with Crippen LogP contribution in [-0.2, 0) is 6.42 Å². The highest BCUT2D eigenvalue weighted by molar-refractivity contribution is 5.68. The summed E-state index contributed by atoms with van der Waals surface area (Å²) < 4.78 is 27.1. The second-order valence-corrected chi connectivity index (χ2v) is 4.74. The Bertz CT molecular complexity index is 605. The summed E-state index contributed by atoms with van der Waals surface area (Å²) in [5.74, 6) is -1.17. The van der Waals surface area contributed by atoms with Crippen LogP contribution in [-0.4, -0.2) is 13.6 Å². The normalized spacial score (nSPS) is 13.5. The fraction of sp³-hybridized carbons (Fsp3) is 0.200. The van der Waals surface area contributed by atoms with E-state index in [0.29, 0.717) is 5.69 Å². The quantitative estimate of drug-likeness (QED) is 0.885. The molecule has 1 heterocycles. The maximum atomic E-state index is 13.6. The maximum absolute atomic E-state index is 13.6. The van der Waals surface area contributed by atoms with Gasteiger partial charge in [0.25, 0.3) is 0 Å². The Hall–Kier alpha value is -2.10. The monoisotopic (exact) mass is 260 g/mol. The third kappa shape index (κ3) is 2.14. The molecule has 2 nitrogen and oxygen atoms in total. The van der Waals surface area contributed by atoms with Crippen LogP contribution in [0.15, 0.2) is 36.4 Å². The zero-order chi connectivity index (χ0) is 13.4. The topological polar surface area (TPSA) is 15.3 Å². The maximum Gasteiger partial charge on any atom is 0.149 e. The van der Waals surface area contributed by atoms with Gasteiger partial charge in [-0.2, -0.15) is 0 Å². The zero-order valence-electron chi connectivity index (χ0n) is 10.6. The lowest BCUT2D eigenvalue weighted by atomic mass is 10.1. The van der Waals surface area contributed by atoms with E-state index in [1.54, 1.807) is 0 Å². The van der Waals surface area contributed by atoms with Crippen LogP contribution in [0, 0.1) is 11.6 Å². The Labute approximate surface area is 110 Å². The van der Waals surface area contributed by atoms with Gasteiger partial charge in [-0.3, -0.25) is 0 Å². The average molecular weight is 260 g/mol. The molecule has 19 heavy (non-hydrogen) atoms. The lowest BCUT2D eigenvalue weighted by Gasteiger charge is -2.13. The first-order chi connectivity index (χ1) is 9.15. The molecule has 1 aliphatic rings. The van der Waals surface area contributed by atoms with E-state index in [0.717, 1.165) is 13.0 Å². The van der Waals surface area contributed by atoms with Crippen LogP contribution >= 0.6 is 0 Å². The third-order valence-electron chi connectivity index (χ3n) is 3.44. The Morgan fingerprint density at radius 1 is 1.11 bits per heavy atom. The highest BCUT2D eigenvalue weighted by Crippen LogP contribution is 2.31. The number of rotatable bonds is 2. The Morgan fingerprint density at radius 2 is 1.84 bits per heavy atom. The van der Waals surface area contributed by atoms with Gasteiger partial charge in [0.1, 0.15) is 17.3 Å². The molecule has 0 unspecified atom stereocenters. The number of anilines is 3. The summed E-state index contributed by atoms with van der Waals surface area (Å²) in [6.45, 7) is 0.979. The van der Waals surface area contributed by atoms with Gasteiger partial charge in [0, 0.05) is 25.0 Å². The number of halogens is 2. The molecule has 0 aromatic heterocycles. The molecule has 0 radical (unpaired) electrons. The van der Waals surface area contributed by atoms with Crippen LogP contribution in [0.4, 0.5) is 25.8 Å². The summed E-state index contributed by atoms with van der Waals surface area (Å²) in [4.78, 5) is 2.17. The van der Waals surface area contributed by atoms with Crippen molar-refractivity contribution in [3.63, 3.8) is 0 Å². The van der Waals surface area contributed by atoms with Gasteiger partial charge in [-0.15, -0.1) is 0 Å². The van der Waals surface area contributed by atoms with E-state index >= 15 is 0 Å². The van der Waals surface area contributed by atoms with Crippen molar-refractivity contribution >= 4 is 17.1 Å². The molecule has 4 heteroatoms. The summed E-state index contributed by atoms with van der Waals surface area (Å²) in [5, 5.41) is 2.82. The standard InChI is InChI=1S/C15H14F2N2/c1-19-8-7-10-9-11(5-6-14(10)19)18-15-12(16)3-2-4-13(15)17/h2-6,9,18H,7-8H2,1H3. The highest BCUT2D eigenvalue weighted by atomic mass is 19.1. The van der Waals surface area contributed by atoms with E-state index in [1.807, 2.05) is 25.2 Å².